The molecule has 0 saturated carbocycles. The van der Waals surface area contributed by atoms with Crippen LogP contribution in [0.1, 0.15) is 12.8 Å². The summed E-state index contributed by atoms with van der Waals surface area (Å²) in [7, 11) is 0. The summed E-state index contributed by atoms with van der Waals surface area (Å²) >= 11 is 0. The SMILES string of the molecule is NC(N)=NCC[C@H]1C[C@H](N)C(=O)O1. The number of nitrogens with zero attached hydrogens (tertiary/aromatic N) is 1. The van der Waals surface area contributed by atoms with E-state index in [1.165, 1.54) is 0 Å². The predicted octanol–water partition coefficient (Wildman–Crippen LogP) is -1.71. The van der Waals surface area contributed by atoms with E-state index in [9.17, 15) is 4.79 Å². The van der Waals surface area contributed by atoms with E-state index in [0.717, 1.165) is 0 Å². The number of carbonyl (C=O) groups is 1. The molecule has 0 amide bonds. The minimum absolute atomic E-state index is 0.0496. The van der Waals surface area contributed by atoms with Gasteiger partial charge in [-0.25, -0.2) is 0 Å². The molecule has 1 saturated heterocycles. The Bertz CT molecular complexity index is 225. The molecular weight excluding hydrogens is 172 g/mol. The van der Waals surface area contributed by atoms with Crippen LogP contribution >= 0.6 is 0 Å². The molecule has 0 unspecified atom stereocenters. The Labute approximate surface area is 76.1 Å². The maximum absolute atomic E-state index is 10.8. The molecule has 1 fully saturated rings. The number of rotatable bonds is 3. The lowest BCUT2D eigenvalue weighted by Gasteiger charge is -2.05. The second-order valence-corrected chi connectivity index (χ2v) is 3.00. The van der Waals surface area contributed by atoms with E-state index in [-0.39, 0.29) is 18.0 Å². The normalized spacial score (nSPS) is 27.0. The topological polar surface area (TPSA) is 117 Å². The Morgan fingerprint density at radius 3 is 2.77 bits per heavy atom. The third-order valence-electron chi connectivity index (χ3n) is 1.85. The smallest absolute Gasteiger partial charge is 0.323 e. The number of nitrogens with two attached hydrogens (primary N) is 3. The van der Waals surface area contributed by atoms with Crippen molar-refractivity contribution in [3.05, 3.63) is 0 Å². The molecule has 0 aromatic carbocycles. The van der Waals surface area contributed by atoms with E-state index in [2.05, 4.69) is 4.99 Å². The van der Waals surface area contributed by atoms with Crippen molar-refractivity contribution in [1.29, 1.82) is 0 Å². The van der Waals surface area contributed by atoms with Gasteiger partial charge in [-0.15, -0.1) is 0 Å². The molecule has 0 spiro atoms. The summed E-state index contributed by atoms with van der Waals surface area (Å²) < 4.78 is 4.94. The van der Waals surface area contributed by atoms with Crippen molar-refractivity contribution < 1.29 is 9.53 Å². The highest BCUT2D eigenvalue weighted by Crippen LogP contribution is 2.15. The van der Waals surface area contributed by atoms with Gasteiger partial charge in [-0.1, -0.05) is 0 Å². The van der Waals surface area contributed by atoms with E-state index < -0.39 is 6.04 Å². The molecule has 1 aliphatic heterocycles. The van der Waals surface area contributed by atoms with Crippen molar-refractivity contribution in [3.63, 3.8) is 0 Å². The van der Waals surface area contributed by atoms with Gasteiger partial charge in [0.1, 0.15) is 12.1 Å². The van der Waals surface area contributed by atoms with E-state index in [1.807, 2.05) is 0 Å². The first kappa shape index (κ1) is 9.79. The quantitative estimate of drug-likeness (QED) is 0.276. The number of hydrogen-bond donors (Lipinski definition) is 3. The molecule has 0 aliphatic carbocycles. The lowest BCUT2D eigenvalue weighted by Crippen LogP contribution is -2.24. The van der Waals surface area contributed by atoms with Gasteiger partial charge in [0, 0.05) is 19.4 Å². The highest BCUT2D eigenvalue weighted by molar-refractivity contribution is 5.77. The number of ether oxygens (including phenoxy) is 1. The van der Waals surface area contributed by atoms with E-state index in [1.54, 1.807) is 0 Å². The van der Waals surface area contributed by atoms with Crippen molar-refractivity contribution in [2.75, 3.05) is 6.54 Å². The fraction of sp³-hybridized carbons (Fsp3) is 0.714. The predicted molar refractivity (Wildman–Crippen MR) is 47.8 cm³/mol. The van der Waals surface area contributed by atoms with Crippen molar-refractivity contribution in [2.24, 2.45) is 22.2 Å². The van der Waals surface area contributed by atoms with Crippen LogP contribution in [0.3, 0.4) is 0 Å². The molecule has 2 atom stereocenters. The Balaban J connectivity index is 2.25. The van der Waals surface area contributed by atoms with Gasteiger partial charge in [0.15, 0.2) is 5.96 Å². The number of cyclic esters (lactones) is 1. The van der Waals surface area contributed by atoms with E-state index >= 15 is 0 Å². The molecule has 0 aromatic rings. The van der Waals surface area contributed by atoms with Crippen LogP contribution in [0.4, 0.5) is 0 Å². The van der Waals surface area contributed by atoms with Crippen LogP contribution in [0.15, 0.2) is 4.99 Å². The largest absolute Gasteiger partial charge is 0.461 e. The average molecular weight is 186 g/mol. The zero-order valence-electron chi connectivity index (χ0n) is 7.27. The summed E-state index contributed by atoms with van der Waals surface area (Å²) in [6.07, 6.45) is 1.04. The van der Waals surface area contributed by atoms with Crippen molar-refractivity contribution >= 4 is 11.9 Å². The van der Waals surface area contributed by atoms with Crippen LogP contribution in [0.5, 0.6) is 0 Å². The minimum Gasteiger partial charge on any atom is -0.461 e. The highest BCUT2D eigenvalue weighted by Gasteiger charge is 2.30. The molecule has 13 heavy (non-hydrogen) atoms. The molecule has 0 radical (unpaired) electrons. The van der Waals surface area contributed by atoms with Crippen LogP contribution in [0, 0.1) is 0 Å². The van der Waals surface area contributed by atoms with Crippen LogP contribution in [0.2, 0.25) is 0 Å². The van der Waals surface area contributed by atoms with Crippen molar-refractivity contribution in [2.45, 2.75) is 25.0 Å². The third-order valence-corrected chi connectivity index (χ3v) is 1.85. The van der Waals surface area contributed by atoms with Gasteiger partial charge in [0.25, 0.3) is 0 Å². The first-order chi connectivity index (χ1) is 6.09. The van der Waals surface area contributed by atoms with Gasteiger partial charge in [-0.05, 0) is 0 Å². The summed E-state index contributed by atoms with van der Waals surface area (Å²) in [6, 6.07) is -0.482. The zero-order chi connectivity index (χ0) is 9.84. The van der Waals surface area contributed by atoms with Gasteiger partial charge in [-0.3, -0.25) is 9.79 Å². The Hall–Kier alpha value is -1.30. The molecule has 74 valence electrons. The number of aliphatic imine (C=N–C) groups is 1. The Kier molecular flexibility index (Phi) is 3.07. The highest BCUT2D eigenvalue weighted by atomic mass is 16.6. The lowest BCUT2D eigenvalue weighted by molar-refractivity contribution is -0.142. The van der Waals surface area contributed by atoms with Gasteiger partial charge in [0.2, 0.25) is 0 Å². The van der Waals surface area contributed by atoms with Gasteiger partial charge in [0.05, 0.1) is 0 Å². The molecule has 1 rings (SSSR count). The van der Waals surface area contributed by atoms with Crippen LogP contribution in [0.25, 0.3) is 0 Å². The number of hydrogen-bond acceptors (Lipinski definition) is 4. The number of carbonyl (C=O) groups excluding carboxylic acids is 1. The standard InChI is InChI=1S/C7H14N4O2/c8-5-3-4(13-6(5)12)1-2-11-7(9)10/h4-5H,1-3,8H2,(H4,9,10,11)/t4-,5-/m0/s1. The Morgan fingerprint density at radius 1 is 1.62 bits per heavy atom. The van der Waals surface area contributed by atoms with Gasteiger partial charge < -0.3 is 21.9 Å². The van der Waals surface area contributed by atoms with E-state index in [0.29, 0.717) is 19.4 Å². The minimum atomic E-state index is -0.482. The summed E-state index contributed by atoms with van der Waals surface area (Å²) in [5.41, 5.74) is 15.7. The second-order valence-electron chi connectivity index (χ2n) is 3.00. The summed E-state index contributed by atoms with van der Waals surface area (Å²) in [5.74, 6) is -0.289. The maximum atomic E-state index is 10.8. The van der Waals surface area contributed by atoms with Crippen molar-refractivity contribution in [3.8, 4) is 0 Å². The monoisotopic (exact) mass is 186 g/mol. The van der Waals surface area contributed by atoms with Gasteiger partial charge >= 0.3 is 5.97 Å². The molecule has 6 heteroatoms. The Morgan fingerprint density at radius 2 is 2.31 bits per heavy atom. The zero-order valence-corrected chi connectivity index (χ0v) is 7.27. The van der Waals surface area contributed by atoms with E-state index in [4.69, 9.17) is 21.9 Å². The number of guanidine groups is 1. The van der Waals surface area contributed by atoms with Gasteiger partial charge in [-0.2, -0.15) is 0 Å². The molecule has 1 heterocycles. The number of esters is 1. The molecule has 0 aromatic heterocycles. The first-order valence-corrected chi connectivity index (χ1v) is 4.11. The van der Waals surface area contributed by atoms with Crippen LogP contribution < -0.4 is 17.2 Å². The molecule has 6 nitrogen and oxygen atoms in total. The fourth-order valence-electron chi connectivity index (χ4n) is 1.19. The summed E-state index contributed by atoms with van der Waals surface area (Å²) in [6.45, 7) is 0.465. The summed E-state index contributed by atoms with van der Waals surface area (Å²) in [5, 5.41) is 0. The molecule has 0 bridgehead atoms. The fourth-order valence-corrected chi connectivity index (χ4v) is 1.19. The third kappa shape index (κ3) is 2.90. The maximum Gasteiger partial charge on any atom is 0.323 e. The second kappa shape index (κ2) is 4.08. The molecule has 1 aliphatic rings. The summed E-state index contributed by atoms with van der Waals surface area (Å²) in [4.78, 5) is 14.6. The van der Waals surface area contributed by atoms with Crippen LogP contribution in [-0.2, 0) is 9.53 Å². The molecule has 6 N–H and O–H groups in total. The molecular formula is C7H14N4O2. The van der Waals surface area contributed by atoms with Crippen molar-refractivity contribution in [1.82, 2.24) is 0 Å². The van der Waals surface area contributed by atoms with Crippen LogP contribution in [-0.4, -0.2) is 30.6 Å². The first-order valence-electron chi connectivity index (χ1n) is 4.11. The lowest BCUT2D eigenvalue weighted by atomic mass is 10.1. The average Bonchev–Trinajstić information content (AvgIpc) is 2.30.